The maximum absolute atomic E-state index is 12.7. The van der Waals surface area contributed by atoms with Gasteiger partial charge in [-0.2, -0.15) is 5.10 Å². The molecule has 0 radical (unpaired) electrons. The van der Waals surface area contributed by atoms with Gasteiger partial charge in [-0.25, -0.2) is 0 Å². The summed E-state index contributed by atoms with van der Waals surface area (Å²) in [7, 11) is 1.64. The number of aryl methyl sites for hydroxylation is 1. The number of aromatic nitrogens is 2. The Bertz CT molecular complexity index is 1030. The summed E-state index contributed by atoms with van der Waals surface area (Å²) in [4.78, 5) is 12.7. The number of Topliss-reactive ketones (excluding diaryl/α,β-unsaturated/α-hetero) is 1. The summed E-state index contributed by atoms with van der Waals surface area (Å²) < 4.78 is 5.36. The number of fused-ring (bicyclic) bond motifs is 1. The van der Waals surface area contributed by atoms with Gasteiger partial charge in [0.05, 0.1) is 18.5 Å². The van der Waals surface area contributed by atoms with Crippen molar-refractivity contribution in [1.29, 1.82) is 0 Å². The van der Waals surface area contributed by atoms with Crippen LogP contribution in [0.15, 0.2) is 48.0 Å². The standard InChI is InChI=1S/C21H17ClN2O2/c1-12-7-18-14(10-20(12)26-2)8-15(21(18)25)9-17-11-19(24-23-17)13-3-5-16(22)6-4-13/h3-7,9-11H,8H2,1-2H3,(H,23,24)/b15-9+. The first-order chi connectivity index (χ1) is 12.5. The molecule has 5 heteroatoms. The number of benzene rings is 2. The van der Waals surface area contributed by atoms with Crippen molar-refractivity contribution in [3.05, 3.63) is 75.4 Å². The predicted octanol–water partition coefficient (Wildman–Crippen LogP) is 4.87. The smallest absolute Gasteiger partial charge is 0.189 e. The van der Waals surface area contributed by atoms with Crippen molar-refractivity contribution < 1.29 is 9.53 Å². The van der Waals surface area contributed by atoms with Gasteiger partial charge < -0.3 is 4.74 Å². The molecule has 0 aliphatic heterocycles. The predicted molar refractivity (Wildman–Crippen MR) is 103 cm³/mol. The first kappa shape index (κ1) is 16.6. The van der Waals surface area contributed by atoms with E-state index in [1.54, 1.807) is 7.11 Å². The van der Waals surface area contributed by atoms with Gasteiger partial charge in [0.1, 0.15) is 5.75 Å². The summed E-state index contributed by atoms with van der Waals surface area (Å²) in [6.45, 7) is 1.95. The first-order valence-electron chi connectivity index (χ1n) is 8.29. The third-order valence-electron chi connectivity index (χ3n) is 4.61. The van der Waals surface area contributed by atoms with Gasteiger partial charge in [-0.1, -0.05) is 23.7 Å². The van der Waals surface area contributed by atoms with Crippen LogP contribution in [0.1, 0.15) is 27.2 Å². The van der Waals surface area contributed by atoms with E-state index >= 15 is 0 Å². The second kappa shape index (κ2) is 6.46. The van der Waals surface area contributed by atoms with Crippen molar-refractivity contribution in [3.8, 4) is 17.0 Å². The van der Waals surface area contributed by atoms with Crippen LogP contribution in [-0.4, -0.2) is 23.1 Å². The molecular formula is C21H17ClN2O2. The van der Waals surface area contributed by atoms with Crippen LogP contribution in [0.2, 0.25) is 5.02 Å². The molecule has 1 heterocycles. The van der Waals surface area contributed by atoms with E-state index in [1.165, 1.54) is 0 Å². The van der Waals surface area contributed by atoms with Gasteiger partial charge in [-0.05, 0) is 54.5 Å². The highest BCUT2D eigenvalue weighted by Crippen LogP contribution is 2.33. The number of hydrogen-bond donors (Lipinski definition) is 1. The van der Waals surface area contributed by atoms with Crippen LogP contribution in [-0.2, 0) is 6.42 Å². The van der Waals surface area contributed by atoms with Gasteiger partial charge in [0.2, 0.25) is 0 Å². The van der Waals surface area contributed by atoms with Crippen LogP contribution in [0.5, 0.6) is 5.75 Å². The lowest BCUT2D eigenvalue weighted by Crippen LogP contribution is -1.97. The molecule has 1 aliphatic carbocycles. The number of ether oxygens (including phenoxy) is 1. The Labute approximate surface area is 156 Å². The van der Waals surface area contributed by atoms with E-state index in [0.717, 1.165) is 45.0 Å². The lowest BCUT2D eigenvalue weighted by molar-refractivity contribution is 0.104. The molecule has 0 amide bonds. The quantitative estimate of drug-likeness (QED) is 0.674. The van der Waals surface area contributed by atoms with E-state index in [2.05, 4.69) is 10.2 Å². The molecule has 1 aliphatic rings. The second-order valence-corrected chi connectivity index (χ2v) is 6.81. The summed E-state index contributed by atoms with van der Waals surface area (Å²) in [5.74, 6) is 0.873. The number of hydrogen-bond acceptors (Lipinski definition) is 3. The number of nitrogens with zero attached hydrogens (tertiary/aromatic N) is 1. The van der Waals surface area contributed by atoms with E-state index in [4.69, 9.17) is 16.3 Å². The minimum atomic E-state index is 0.0633. The third-order valence-corrected chi connectivity index (χ3v) is 4.86. The maximum atomic E-state index is 12.7. The number of methoxy groups -OCH3 is 1. The van der Waals surface area contributed by atoms with E-state index in [1.807, 2.05) is 55.5 Å². The molecular weight excluding hydrogens is 348 g/mol. The number of carbonyl (C=O) groups is 1. The first-order valence-corrected chi connectivity index (χ1v) is 8.67. The average Bonchev–Trinajstić information content (AvgIpc) is 3.21. The average molecular weight is 365 g/mol. The minimum absolute atomic E-state index is 0.0633. The highest BCUT2D eigenvalue weighted by atomic mass is 35.5. The maximum Gasteiger partial charge on any atom is 0.189 e. The van der Waals surface area contributed by atoms with Crippen LogP contribution < -0.4 is 4.74 Å². The number of allylic oxidation sites excluding steroid dienone is 1. The Morgan fingerprint density at radius 1 is 1.19 bits per heavy atom. The molecule has 0 fully saturated rings. The van der Waals surface area contributed by atoms with Crippen LogP contribution in [0.25, 0.3) is 17.3 Å². The molecule has 130 valence electrons. The highest BCUT2D eigenvalue weighted by Gasteiger charge is 2.26. The Hall–Kier alpha value is -2.85. The van der Waals surface area contributed by atoms with Crippen molar-refractivity contribution in [2.75, 3.05) is 7.11 Å². The Kier molecular flexibility index (Phi) is 4.13. The summed E-state index contributed by atoms with van der Waals surface area (Å²) in [6, 6.07) is 13.3. The molecule has 0 saturated carbocycles. The number of aromatic amines is 1. The number of halogens is 1. The SMILES string of the molecule is COc1cc2c(cc1C)C(=O)/C(=C/c1cc(-c3ccc(Cl)cc3)n[nH]1)C2. The lowest BCUT2D eigenvalue weighted by Gasteiger charge is -2.06. The Morgan fingerprint density at radius 2 is 1.96 bits per heavy atom. The second-order valence-electron chi connectivity index (χ2n) is 6.37. The topological polar surface area (TPSA) is 55.0 Å². The van der Waals surface area contributed by atoms with Crippen LogP contribution in [0.4, 0.5) is 0 Å². The molecule has 1 aromatic heterocycles. The fourth-order valence-electron chi connectivity index (χ4n) is 3.25. The van der Waals surface area contributed by atoms with Gasteiger partial charge in [0.25, 0.3) is 0 Å². The van der Waals surface area contributed by atoms with Crippen LogP contribution >= 0.6 is 11.6 Å². The zero-order valence-corrected chi connectivity index (χ0v) is 15.2. The molecule has 1 N–H and O–H groups in total. The van der Waals surface area contributed by atoms with Crippen molar-refractivity contribution in [3.63, 3.8) is 0 Å². The van der Waals surface area contributed by atoms with Crippen LogP contribution in [0.3, 0.4) is 0 Å². The van der Waals surface area contributed by atoms with E-state index in [-0.39, 0.29) is 5.78 Å². The fourth-order valence-corrected chi connectivity index (χ4v) is 3.38. The molecule has 3 aromatic rings. The highest BCUT2D eigenvalue weighted by molar-refractivity contribution is 6.30. The van der Waals surface area contributed by atoms with Gasteiger partial charge in [0, 0.05) is 28.1 Å². The summed E-state index contributed by atoms with van der Waals surface area (Å²) in [5, 5.41) is 8.01. The fraction of sp³-hybridized carbons (Fsp3) is 0.143. The van der Waals surface area contributed by atoms with Gasteiger partial charge in [0.15, 0.2) is 5.78 Å². The van der Waals surface area contributed by atoms with Crippen molar-refractivity contribution in [2.24, 2.45) is 0 Å². The van der Waals surface area contributed by atoms with Gasteiger partial charge in [-0.15, -0.1) is 0 Å². The monoisotopic (exact) mass is 364 g/mol. The molecule has 26 heavy (non-hydrogen) atoms. The minimum Gasteiger partial charge on any atom is -0.496 e. The largest absolute Gasteiger partial charge is 0.496 e. The van der Waals surface area contributed by atoms with E-state index in [9.17, 15) is 4.79 Å². The van der Waals surface area contributed by atoms with Crippen LogP contribution in [0, 0.1) is 6.92 Å². The third kappa shape index (κ3) is 2.93. The van der Waals surface area contributed by atoms with E-state index < -0.39 is 0 Å². The van der Waals surface area contributed by atoms with Gasteiger partial charge in [-0.3, -0.25) is 9.89 Å². The molecule has 4 nitrogen and oxygen atoms in total. The zero-order chi connectivity index (χ0) is 18.3. The number of ketones is 1. The van der Waals surface area contributed by atoms with Crippen molar-refractivity contribution >= 4 is 23.5 Å². The molecule has 0 saturated heterocycles. The van der Waals surface area contributed by atoms with E-state index in [0.29, 0.717) is 11.4 Å². The number of carbonyl (C=O) groups excluding carboxylic acids is 1. The lowest BCUT2D eigenvalue weighted by atomic mass is 10.1. The molecule has 0 unspecified atom stereocenters. The summed E-state index contributed by atoms with van der Waals surface area (Å²) in [6.07, 6.45) is 2.47. The molecule has 4 rings (SSSR count). The van der Waals surface area contributed by atoms with Crippen molar-refractivity contribution in [1.82, 2.24) is 10.2 Å². The Balaban J connectivity index is 1.63. The molecule has 2 aromatic carbocycles. The molecule has 0 spiro atoms. The number of rotatable bonds is 3. The Morgan fingerprint density at radius 3 is 2.69 bits per heavy atom. The van der Waals surface area contributed by atoms with Gasteiger partial charge >= 0.3 is 0 Å². The molecule has 0 atom stereocenters. The summed E-state index contributed by atoms with van der Waals surface area (Å²) in [5.41, 5.74) is 6.06. The number of nitrogens with one attached hydrogen (secondary N) is 1. The normalized spacial score (nSPS) is 14.7. The number of H-pyrrole nitrogens is 1. The molecule has 0 bridgehead atoms. The van der Waals surface area contributed by atoms with Crippen molar-refractivity contribution in [2.45, 2.75) is 13.3 Å². The summed E-state index contributed by atoms with van der Waals surface area (Å²) >= 11 is 5.93. The zero-order valence-electron chi connectivity index (χ0n) is 14.5.